The number of anilines is 1. The van der Waals surface area contributed by atoms with E-state index in [0.717, 1.165) is 5.56 Å². The van der Waals surface area contributed by atoms with Crippen LogP contribution < -0.4 is 14.8 Å². The van der Waals surface area contributed by atoms with Gasteiger partial charge in [0, 0.05) is 37.8 Å². The van der Waals surface area contributed by atoms with Crippen LogP contribution in [0.2, 0.25) is 0 Å². The molecule has 11 nitrogen and oxygen atoms in total. The molecule has 0 unspecified atom stereocenters. The molecule has 1 aliphatic heterocycles. The Labute approximate surface area is 287 Å². The van der Waals surface area contributed by atoms with Crippen molar-refractivity contribution in [2.75, 3.05) is 45.7 Å². The lowest BCUT2D eigenvalue weighted by Gasteiger charge is -2.41. The molecule has 1 aliphatic rings. The van der Waals surface area contributed by atoms with Crippen LogP contribution in [0.1, 0.15) is 83.7 Å². The molecule has 3 aromatic rings. The van der Waals surface area contributed by atoms with Crippen LogP contribution in [0, 0.1) is 19.7 Å². The van der Waals surface area contributed by atoms with Crippen LogP contribution in [0.25, 0.3) is 0 Å². The van der Waals surface area contributed by atoms with Crippen molar-refractivity contribution in [1.29, 1.82) is 0 Å². The lowest BCUT2D eigenvalue weighted by atomic mass is 10.0. The smallest absolute Gasteiger partial charge is 0.410 e. The van der Waals surface area contributed by atoms with Gasteiger partial charge in [0.25, 0.3) is 5.91 Å². The zero-order valence-electron chi connectivity index (χ0n) is 29.8. The molecule has 0 saturated carbocycles. The molecular weight excluding hydrogens is 631 g/mol. The molecule has 0 spiro atoms. The normalized spacial score (nSPS) is 15.7. The summed E-state index contributed by atoms with van der Waals surface area (Å²) in [5, 5.41) is 2.85. The SMILES string of the molecule is CCc1cc(OC)cnc1NC(=O)c1cc(C(=O)OC)c(O[C@H](CN2CCN(C(=O)OC(C)(C)C)[C@H](C)C2)c2ccc(C)c(F)c2)cc1C. The molecule has 2 amide bonds. The lowest BCUT2D eigenvalue weighted by Crippen LogP contribution is -2.55. The number of amides is 2. The molecule has 4 rings (SSSR count). The van der Waals surface area contributed by atoms with Crippen molar-refractivity contribution in [3.05, 3.63) is 81.8 Å². The van der Waals surface area contributed by atoms with Gasteiger partial charge in [-0.05, 0) is 94.5 Å². The second-order valence-corrected chi connectivity index (χ2v) is 13.2. The van der Waals surface area contributed by atoms with E-state index in [0.29, 0.717) is 60.9 Å². The van der Waals surface area contributed by atoms with Crippen LogP contribution in [-0.2, 0) is 15.9 Å². The highest BCUT2D eigenvalue weighted by atomic mass is 19.1. The van der Waals surface area contributed by atoms with E-state index in [-0.39, 0.29) is 34.8 Å². The molecule has 12 heteroatoms. The Kier molecular flexibility index (Phi) is 11.9. The fourth-order valence-electron chi connectivity index (χ4n) is 5.65. The van der Waals surface area contributed by atoms with E-state index in [4.69, 9.17) is 18.9 Å². The quantitative estimate of drug-likeness (QED) is 0.240. The van der Waals surface area contributed by atoms with E-state index in [1.54, 1.807) is 50.1 Å². The van der Waals surface area contributed by atoms with Crippen LogP contribution in [0.3, 0.4) is 0 Å². The van der Waals surface area contributed by atoms with Gasteiger partial charge in [-0.25, -0.2) is 19.0 Å². The Bertz CT molecular complexity index is 1690. The number of esters is 1. The first kappa shape index (κ1) is 37.1. The van der Waals surface area contributed by atoms with Gasteiger partial charge in [-0.3, -0.25) is 9.69 Å². The number of nitrogens with zero attached hydrogens (tertiary/aromatic N) is 3. The highest BCUT2D eigenvalue weighted by molar-refractivity contribution is 6.07. The molecule has 2 atom stereocenters. The zero-order chi connectivity index (χ0) is 36.0. The van der Waals surface area contributed by atoms with Gasteiger partial charge in [0.05, 0.1) is 20.4 Å². The maximum atomic E-state index is 14.9. The largest absolute Gasteiger partial charge is 0.495 e. The minimum Gasteiger partial charge on any atom is -0.495 e. The number of piperazine rings is 1. The third-order valence-electron chi connectivity index (χ3n) is 8.37. The molecule has 1 aromatic heterocycles. The number of hydrogen-bond donors (Lipinski definition) is 1. The summed E-state index contributed by atoms with van der Waals surface area (Å²) in [6.45, 7) is 14.6. The molecule has 1 saturated heterocycles. The first-order valence-corrected chi connectivity index (χ1v) is 16.4. The van der Waals surface area contributed by atoms with Crippen molar-refractivity contribution in [1.82, 2.24) is 14.8 Å². The highest BCUT2D eigenvalue weighted by Gasteiger charge is 2.33. The molecule has 1 N–H and O–H groups in total. The average molecular weight is 679 g/mol. The predicted molar refractivity (Wildman–Crippen MR) is 184 cm³/mol. The molecule has 0 aliphatic carbocycles. The fraction of sp³-hybridized carbons (Fsp3) is 0.459. The number of carbonyl (C=O) groups is 3. The standard InChI is InChI=1S/C37H47FN4O7/c1-10-25-16-27(46-8)19-39-33(25)40-34(43)28-18-29(35(44)47-9)31(15-23(28)3)48-32(26-12-11-22(2)30(38)17-26)21-41-13-14-42(24(4)20-41)36(45)49-37(5,6)7/h11-12,15-19,24,32H,10,13-14,20-21H2,1-9H3,(H,39,40,43)/t24-,32-/m1/s1. The predicted octanol–water partition coefficient (Wildman–Crippen LogP) is 6.51. The van der Waals surface area contributed by atoms with Crippen LogP contribution in [0.5, 0.6) is 11.5 Å². The van der Waals surface area contributed by atoms with E-state index in [1.165, 1.54) is 25.4 Å². The molecule has 264 valence electrons. The first-order chi connectivity index (χ1) is 23.1. The monoisotopic (exact) mass is 678 g/mol. The topological polar surface area (TPSA) is 120 Å². The Morgan fingerprint density at radius 1 is 1.04 bits per heavy atom. The number of hydrogen-bond acceptors (Lipinski definition) is 9. The molecule has 1 fully saturated rings. The van der Waals surface area contributed by atoms with Gasteiger partial charge in [-0.15, -0.1) is 0 Å². The first-order valence-electron chi connectivity index (χ1n) is 16.4. The van der Waals surface area contributed by atoms with Gasteiger partial charge in [0.2, 0.25) is 0 Å². The van der Waals surface area contributed by atoms with Gasteiger partial charge in [-0.2, -0.15) is 0 Å². The molecule has 0 bridgehead atoms. The number of nitrogens with one attached hydrogen (secondary N) is 1. The minimum atomic E-state index is -0.714. The highest BCUT2D eigenvalue weighted by Crippen LogP contribution is 2.32. The van der Waals surface area contributed by atoms with Crippen LogP contribution in [0.15, 0.2) is 42.6 Å². The van der Waals surface area contributed by atoms with E-state index < -0.39 is 23.6 Å². The number of halogens is 1. The third kappa shape index (κ3) is 9.26. The Morgan fingerprint density at radius 2 is 1.78 bits per heavy atom. The summed E-state index contributed by atoms with van der Waals surface area (Å²) in [6, 6.07) is 9.61. The molecule has 2 heterocycles. The van der Waals surface area contributed by atoms with E-state index >= 15 is 0 Å². The number of benzene rings is 2. The molecule has 2 aromatic carbocycles. The van der Waals surface area contributed by atoms with Crippen molar-refractivity contribution in [2.24, 2.45) is 0 Å². The van der Waals surface area contributed by atoms with Gasteiger partial charge in [0.1, 0.15) is 40.4 Å². The third-order valence-corrected chi connectivity index (χ3v) is 8.37. The number of aryl methyl sites for hydroxylation is 3. The Hall–Kier alpha value is -4.71. The van der Waals surface area contributed by atoms with E-state index in [1.807, 2.05) is 34.6 Å². The number of aromatic nitrogens is 1. The van der Waals surface area contributed by atoms with E-state index in [2.05, 4.69) is 15.2 Å². The number of carbonyl (C=O) groups excluding carboxylic acids is 3. The van der Waals surface area contributed by atoms with Gasteiger partial charge in [-0.1, -0.05) is 19.1 Å². The summed E-state index contributed by atoms with van der Waals surface area (Å²) in [4.78, 5) is 47.7. The minimum absolute atomic E-state index is 0.0392. The lowest BCUT2D eigenvalue weighted by molar-refractivity contribution is -0.00302. The van der Waals surface area contributed by atoms with E-state index in [9.17, 15) is 18.8 Å². The summed E-state index contributed by atoms with van der Waals surface area (Å²) < 4.78 is 37.4. The van der Waals surface area contributed by atoms with Crippen LogP contribution in [-0.4, -0.2) is 84.8 Å². The van der Waals surface area contributed by atoms with Crippen molar-refractivity contribution in [2.45, 2.75) is 72.6 Å². The van der Waals surface area contributed by atoms with Gasteiger partial charge < -0.3 is 29.2 Å². The summed E-state index contributed by atoms with van der Waals surface area (Å²) in [5.74, 6) is -0.406. The number of methoxy groups -OCH3 is 2. The Morgan fingerprint density at radius 3 is 2.39 bits per heavy atom. The van der Waals surface area contributed by atoms with Crippen molar-refractivity contribution in [3.63, 3.8) is 0 Å². The number of pyridine rings is 1. The van der Waals surface area contributed by atoms with Crippen LogP contribution in [0.4, 0.5) is 15.0 Å². The van der Waals surface area contributed by atoms with Crippen molar-refractivity contribution in [3.8, 4) is 11.5 Å². The number of ether oxygens (including phenoxy) is 4. The van der Waals surface area contributed by atoms with Crippen molar-refractivity contribution >= 4 is 23.8 Å². The van der Waals surface area contributed by atoms with Crippen molar-refractivity contribution < 1.29 is 37.7 Å². The molecule has 0 radical (unpaired) electrons. The number of rotatable bonds is 10. The molecular formula is C37H47FN4O7. The summed E-state index contributed by atoms with van der Waals surface area (Å²) in [6.07, 6.45) is 1.04. The summed E-state index contributed by atoms with van der Waals surface area (Å²) in [7, 11) is 2.79. The average Bonchev–Trinajstić information content (AvgIpc) is 3.04. The summed E-state index contributed by atoms with van der Waals surface area (Å²) >= 11 is 0. The van der Waals surface area contributed by atoms with Crippen LogP contribution >= 0.6 is 0 Å². The second-order valence-electron chi connectivity index (χ2n) is 13.2. The maximum Gasteiger partial charge on any atom is 0.410 e. The second kappa shape index (κ2) is 15.7. The maximum absolute atomic E-state index is 14.9. The fourth-order valence-corrected chi connectivity index (χ4v) is 5.65. The van der Waals surface area contributed by atoms with Gasteiger partial charge in [0.15, 0.2) is 0 Å². The summed E-state index contributed by atoms with van der Waals surface area (Å²) in [5.41, 5.74) is 2.04. The molecule has 49 heavy (non-hydrogen) atoms. The zero-order valence-corrected chi connectivity index (χ0v) is 29.8. The van der Waals surface area contributed by atoms with Gasteiger partial charge >= 0.3 is 12.1 Å². The Balaban J connectivity index is 1.64.